The predicted octanol–water partition coefficient (Wildman–Crippen LogP) is 12.9. The molecule has 2 unspecified atom stereocenters. The number of esters is 2. The Bertz CT molecular complexity index is 625. The van der Waals surface area contributed by atoms with Gasteiger partial charge in [0.1, 0.15) is 12.2 Å². The van der Waals surface area contributed by atoms with E-state index in [-0.39, 0.29) is 11.9 Å². The fraction of sp³-hybridized carbons (Fsp3) is 0.850. The molecule has 0 aromatic heterocycles. The molecule has 0 bridgehead atoms. The summed E-state index contributed by atoms with van der Waals surface area (Å²) in [5, 5.41) is 0. The average Bonchev–Trinajstić information content (AvgIpc) is 3.00. The molecule has 0 spiro atoms. The Labute approximate surface area is 274 Å². The van der Waals surface area contributed by atoms with E-state index in [9.17, 15) is 9.59 Å². The molecule has 0 aliphatic carbocycles. The Kier molecular flexibility index (Phi) is 33.1. The highest BCUT2D eigenvalue weighted by Gasteiger charge is 2.20. The van der Waals surface area contributed by atoms with Crippen LogP contribution in [0.2, 0.25) is 0 Å². The van der Waals surface area contributed by atoms with Crippen LogP contribution in [-0.2, 0) is 19.1 Å². The van der Waals surface area contributed by atoms with E-state index in [1.54, 1.807) is 0 Å². The average molecular weight is 619 g/mol. The van der Waals surface area contributed by atoms with Crippen LogP contribution in [0.5, 0.6) is 0 Å². The van der Waals surface area contributed by atoms with Crippen LogP contribution in [0.4, 0.5) is 0 Å². The standard InChI is InChI=1S/C40H74O4/c1-5-7-9-11-13-15-17-19-21-23-25-27-29-31-33-35-39(41)43-37(3)38(4)44-40(42)36-34-32-30-28-26-24-22-20-18-16-14-12-10-8-6-2/h19-22,37-38H,5-18,23-36H2,1-4H3/b21-19-,22-20-. The van der Waals surface area contributed by atoms with Gasteiger partial charge < -0.3 is 9.47 Å². The lowest BCUT2D eigenvalue weighted by Gasteiger charge is -2.21. The van der Waals surface area contributed by atoms with Gasteiger partial charge in [0.25, 0.3) is 0 Å². The molecule has 0 aromatic carbocycles. The van der Waals surface area contributed by atoms with Crippen LogP contribution >= 0.6 is 0 Å². The molecule has 0 aromatic rings. The molecule has 0 saturated heterocycles. The second-order valence-electron chi connectivity index (χ2n) is 13.1. The first-order valence-electron chi connectivity index (χ1n) is 19.2. The molecule has 0 rings (SSSR count). The van der Waals surface area contributed by atoms with Gasteiger partial charge in [0.15, 0.2) is 0 Å². The monoisotopic (exact) mass is 619 g/mol. The lowest BCUT2D eigenvalue weighted by molar-refractivity contribution is -0.165. The molecular weight excluding hydrogens is 544 g/mol. The molecule has 0 aliphatic heterocycles. The van der Waals surface area contributed by atoms with Crippen molar-refractivity contribution in [3.8, 4) is 0 Å². The van der Waals surface area contributed by atoms with E-state index in [2.05, 4.69) is 38.2 Å². The van der Waals surface area contributed by atoms with E-state index in [0.29, 0.717) is 12.8 Å². The van der Waals surface area contributed by atoms with E-state index in [1.807, 2.05) is 13.8 Å². The van der Waals surface area contributed by atoms with Gasteiger partial charge >= 0.3 is 11.9 Å². The maximum Gasteiger partial charge on any atom is 0.306 e. The highest BCUT2D eigenvalue weighted by atomic mass is 16.6. The lowest BCUT2D eigenvalue weighted by atomic mass is 10.1. The minimum Gasteiger partial charge on any atom is -0.459 e. The van der Waals surface area contributed by atoms with Crippen LogP contribution in [0.3, 0.4) is 0 Å². The third kappa shape index (κ3) is 31.8. The minimum atomic E-state index is -0.413. The van der Waals surface area contributed by atoms with Gasteiger partial charge in [-0.15, -0.1) is 0 Å². The third-order valence-corrected chi connectivity index (χ3v) is 8.58. The molecule has 4 nitrogen and oxygen atoms in total. The summed E-state index contributed by atoms with van der Waals surface area (Å²) in [6.45, 7) is 8.17. The van der Waals surface area contributed by atoms with Crippen molar-refractivity contribution in [2.45, 2.75) is 220 Å². The van der Waals surface area contributed by atoms with E-state index in [4.69, 9.17) is 9.47 Å². The molecule has 0 radical (unpaired) electrons. The van der Waals surface area contributed by atoms with Crippen LogP contribution in [0.25, 0.3) is 0 Å². The topological polar surface area (TPSA) is 52.6 Å². The maximum absolute atomic E-state index is 12.2. The number of carbonyl (C=O) groups excluding carboxylic acids is 2. The first kappa shape index (κ1) is 42.4. The Morgan fingerprint density at radius 2 is 0.659 bits per heavy atom. The smallest absolute Gasteiger partial charge is 0.306 e. The molecule has 44 heavy (non-hydrogen) atoms. The lowest BCUT2D eigenvalue weighted by Crippen LogP contribution is -2.30. The molecular formula is C40H74O4. The number of rotatable bonds is 33. The Morgan fingerprint density at radius 1 is 0.409 bits per heavy atom. The summed E-state index contributed by atoms with van der Waals surface area (Å²) in [4.78, 5) is 24.5. The molecule has 0 amide bonds. The van der Waals surface area contributed by atoms with Gasteiger partial charge in [-0.05, 0) is 78.1 Å². The van der Waals surface area contributed by atoms with E-state index in [0.717, 1.165) is 25.7 Å². The fourth-order valence-electron chi connectivity index (χ4n) is 5.40. The van der Waals surface area contributed by atoms with E-state index >= 15 is 0 Å². The Balaban J connectivity index is 3.59. The Hall–Kier alpha value is -1.58. The highest BCUT2D eigenvalue weighted by molar-refractivity contribution is 5.70. The zero-order valence-electron chi connectivity index (χ0n) is 29.9. The van der Waals surface area contributed by atoms with E-state index in [1.165, 1.54) is 141 Å². The van der Waals surface area contributed by atoms with Crippen molar-refractivity contribution in [2.75, 3.05) is 0 Å². The molecule has 0 heterocycles. The summed E-state index contributed by atoms with van der Waals surface area (Å²) in [7, 11) is 0. The van der Waals surface area contributed by atoms with Crippen molar-refractivity contribution in [2.24, 2.45) is 0 Å². The van der Waals surface area contributed by atoms with Crippen molar-refractivity contribution in [3.63, 3.8) is 0 Å². The third-order valence-electron chi connectivity index (χ3n) is 8.58. The number of hydrogen-bond acceptors (Lipinski definition) is 4. The summed E-state index contributed by atoms with van der Waals surface area (Å²) in [6, 6.07) is 0. The predicted molar refractivity (Wildman–Crippen MR) is 190 cm³/mol. The van der Waals surface area contributed by atoms with Crippen molar-refractivity contribution < 1.29 is 19.1 Å². The van der Waals surface area contributed by atoms with Gasteiger partial charge in [-0.3, -0.25) is 9.59 Å². The summed E-state index contributed by atoms with van der Waals surface area (Å²) >= 11 is 0. The molecule has 0 aliphatic rings. The van der Waals surface area contributed by atoms with Crippen molar-refractivity contribution in [1.82, 2.24) is 0 Å². The molecule has 0 saturated carbocycles. The van der Waals surface area contributed by atoms with Gasteiger partial charge in [-0.2, -0.15) is 0 Å². The number of hydrogen-bond donors (Lipinski definition) is 0. The highest BCUT2D eigenvalue weighted by Crippen LogP contribution is 2.14. The van der Waals surface area contributed by atoms with Crippen LogP contribution in [0, 0.1) is 0 Å². The van der Waals surface area contributed by atoms with Crippen molar-refractivity contribution in [3.05, 3.63) is 24.3 Å². The first-order valence-corrected chi connectivity index (χ1v) is 19.2. The summed E-state index contributed by atoms with van der Waals surface area (Å²) in [6.07, 6.45) is 41.7. The van der Waals surface area contributed by atoms with Crippen LogP contribution in [0.15, 0.2) is 24.3 Å². The number of carbonyl (C=O) groups is 2. The summed E-state index contributed by atoms with van der Waals surface area (Å²) in [5.41, 5.74) is 0. The van der Waals surface area contributed by atoms with Gasteiger partial charge in [0.2, 0.25) is 0 Å². The second-order valence-corrected chi connectivity index (χ2v) is 13.1. The zero-order valence-corrected chi connectivity index (χ0v) is 29.9. The van der Waals surface area contributed by atoms with Crippen LogP contribution < -0.4 is 0 Å². The molecule has 0 N–H and O–H groups in total. The van der Waals surface area contributed by atoms with Crippen LogP contribution in [0.1, 0.15) is 207 Å². The molecule has 258 valence electrons. The maximum atomic E-state index is 12.2. The van der Waals surface area contributed by atoms with Crippen molar-refractivity contribution in [1.29, 1.82) is 0 Å². The normalized spacial score (nSPS) is 13.1. The largest absolute Gasteiger partial charge is 0.459 e. The summed E-state index contributed by atoms with van der Waals surface area (Å²) < 4.78 is 11.1. The van der Waals surface area contributed by atoms with Gasteiger partial charge in [-0.25, -0.2) is 0 Å². The fourth-order valence-corrected chi connectivity index (χ4v) is 5.40. The number of ether oxygens (including phenoxy) is 2. The first-order chi connectivity index (χ1) is 21.5. The second kappa shape index (κ2) is 34.3. The van der Waals surface area contributed by atoms with Crippen molar-refractivity contribution >= 4 is 11.9 Å². The van der Waals surface area contributed by atoms with Crippen LogP contribution in [-0.4, -0.2) is 24.1 Å². The van der Waals surface area contributed by atoms with Gasteiger partial charge in [0, 0.05) is 12.8 Å². The SMILES string of the molecule is CCCCCCCC/C=C\CCCCCCCC(=O)OC(C)C(C)OC(=O)CCCCCCC/C=C\CCCCCCCC. The van der Waals surface area contributed by atoms with Gasteiger partial charge in [-0.1, -0.05) is 141 Å². The number of unbranched alkanes of at least 4 members (excludes halogenated alkanes) is 22. The molecule has 2 atom stereocenters. The quantitative estimate of drug-likeness (QED) is 0.0417. The zero-order chi connectivity index (χ0) is 32.4. The van der Waals surface area contributed by atoms with Gasteiger partial charge in [0.05, 0.1) is 0 Å². The summed E-state index contributed by atoms with van der Waals surface area (Å²) in [5.74, 6) is -0.370. The molecule has 4 heteroatoms. The number of allylic oxidation sites excluding steroid dienone is 4. The Morgan fingerprint density at radius 3 is 0.955 bits per heavy atom. The minimum absolute atomic E-state index is 0.185. The molecule has 0 fully saturated rings. The van der Waals surface area contributed by atoms with E-state index < -0.39 is 12.2 Å².